The molecule has 27 heavy (non-hydrogen) atoms. The van der Waals surface area contributed by atoms with Crippen LogP contribution in [0.4, 0.5) is 5.13 Å². The topological polar surface area (TPSA) is 77.5 Å². The number of aromatic nitrogens is 1. The highest BCUT2D eigenvalue weighted by Crippen LogP contribution is 2.36. The minimum atomic E-state index is -0.530. The first-order chi connectivity index (χ1) is 13.2. The first-order valence-corrected chi connectivity index (χ1v) is 10.5. The molecular weight excluding hydrogens is 360 g/mol. The van der Waals surface area contributed by atoms with Crippen LogP contribution in [0, 0.1) is 0 Å². The van der Waals surface area contributed by atoms with Crippen LogP contribution in [-0.2, 0) is 23.3 Å². The predicted molar refractivity (Wildman–Crippen MR) is 107 cm³/mol. The first kappa shape index (κ1) is 18.6. The molecule has 1 atom stereocenters. The Hall–Kier alpha value is -1.80. The van der Waals surface area contributed by atoms with Crippen LogP contribution in [0.3, 0.4) is 0 Å². The number of carbonyl (C=O) groups is 1. The molecule has 1 aliphatic carbocycles. The SMILES string of the molecule is O=C(CNC1(CO)CCc2ccccc21)Nc1nc(CN2CCCC2)cs1. The van der Waals surface area contributed by atoms with Crippen LogP contribution in [0.5, 0.6) is 0 Å². The number of aryl methyl sites for hydroxylation is 1. The smallest absolute Gasteiger partial charge is 0.240 e. The summed E-state index contributed by atoms with van der Waals surface area (Å²) in [6.45, 7) is 3.25. The van der Waals surface area contributed by atoms with Crippen LogP contribution in [0.1, 0.15) is 36.1 Å². The molecule has 0 spiro atoms. The standard InChI is InChI=1S/C20H26N4O2S/c25-14-20(8-7-15-5-1-2-6-17(15)20)21-11-18(26)23-19-22-16(13-27-19)12-24-9-3-4-10-24/h1-2,5-6,13,21,25H,3-4,7-12,14H2,(H,22,23,26). The minimum Gasteiger partial charge on any atom is -0.394 e. The molecule has 4 rings (SSSR count). The van der Waals surface area contributed by atoms with Crippen LogP contribution in [0.25, 0.3) is 0 Å². The van der Waals surface area contributed by atoms with Crippen molar-refractivity contribution in [2.75, 3.05) is 31.6 Å². The van der Waals surface area contributed by atoms with E-state index in [2.05, 4.69) is 26.6 Å². The quantitative estimate of drug-likeness (QED) is 0.679. The number of aliphatic hydroxyl groups excluding tert-OH is 1. The molecule has 144 valence electrons. The van der Waals surface area contributed by atoms with Gasteiger partial charge in [0.2, 0.25) is 5.91 Å². The van der Waals surface area contributed by atoms with Gasteiger partial charge in [-0.2, -0.15) is 0 Å². The molecular formula is C20H26N4O2S. The van der Waals surface area contributed by atoms with Gasteiger partial charge in [0.05, 0.1) is 24.4 Å². The third kappa shape index (κ3) is 4.06. The summed E-state index contributed by atoms with van der Waals surface area (Å²) in [5.74, 6) is -0.130. The number of likely N-dealkylation sites (tertiary alicyclic amines) is 1. The van der Waals surface area contributed by atoms with E-state index < -0.39 is 5.54 Å². The molecule has 0 radical (unpaired) electrons. The van der Waals surface area contributed by atoms with Crippen LogP contribution in [0.2, 0.25) is 0 Å². The van der Waals surface area contributed by atoms with Crippen molar-refractivity contribution >= 4 is 22.4 Å². The van der Waals surface area contributed by atoms with Gasteiger partial charge in [-0.1, -0.05) is 24.3 Å². The highest BCUT2D eigenvalue weighted by molar-refractivity contribution is 7.13. The summed E-state index contributed by atoms with van der Waals surface area (Å²) < 4.78 is 0. The van der Waals surface area contributed by atoms with Crippen molar-refractivity contribution in [3.63, 3.8) is 0 Å². The van der Waals surface area contributed by atoms with E-state index in [1.165, 1.54) is 29.7 Å². The number of fused-ring (bicyclic) bond motifs is 1. The van der Waals surface area contributed by atoms with Crippen LogP contribution in [0.15, 0.2) is 29.6 Å². The number of hydrogen-bond acceptors (Lipinski definition) is 6. The van der Waals surface area contributed by atoms with Crippen LogP contribution >= 0.6 is 11.3 Å². The van der Waals surface area contributed by atoms with E-state index >= 15 is 0 Å². The van der Waals surface area contributed by atoms with Gasteiger partial charge < -0.3 is 10.4 Å². The summed E-state index contributed by atoms with van der Waals surface area (Å²) >= 11 is 1.47. The fraction of sp³-hybridized carbons (Fsp3) is 0.500. The molecule has 6 nitrogen and oxygen atoms in total. The number of nitrogens with one attached hydrogen (secondary N) is 2. The molecule has 3 N–H and O–H groups in total. The van der Waals surface area contributed by atoms with Crippen molar-refractivity contribution in [3.8, 4) is 0 Å². The zero-order chi connectivity index (χ0) is 18.7. The number of amides is 1. The predicted octanol–water partition coefficient (Wildman–Crippen LogP) is 2.10. The molecule has 0 bridgehead atoms. The van der Waals surface area contributed by atoms with Gasteiger partial charge in [0.25, 0.3) is 0 Å². The maximum absolute atomic E-state index is 12.4. The Morgan fingerprint density at radius 1 is 1.30 bits per heavy atom. The van der Waals surface area contributed by atoms with E-state index in [1.54, 1.807) is 0 Å². The summed E-state index contributed by atoms with van der Waals surface area (Å²) in [6, 6.07) is 8.12. The normalized spacial score (nSPS) is 22.1. The molecule has 7 heteroatoms. The Balaban J connectivity index is 1.33. The lowest BCUT2D eigenvalue weighted by atomic mass is 9.92. The zero-order valence-electron chi connectivity index (χ0n) is 15.4. The Bertz CT molecular complexity index is 803. The largest absolute Gasteiger partial charge is 0.394 e. The number of aliphatic hydroxyl groups is 1. The molecule has 1 saturated heterocycles. The van der Waals surface area contributed by atoms with Gasteiger partial charge in [0, 0.05) is 11.9 Å². The highest BCUT2D eigenvalue weighted by atomic mass is 32.1. The van der Waals surface area contributed by atoms with E-state index in [-0.39, 0.29) is 19.1 Å². The molecule has 0 saturated carbocycles. The monoisotopic (exact) mass is 386 g/mol. The van der Waals surface area contributed by atoms with Gasteiger partial charge in [0.1, 0.15) is 0 Å². The number of rotatable bonds is 7. The van der Waals surface area contributed by atoms with E-state index in [9.17, 15) is 9.90 Å². The average molecular weight is 387 g/mol. The van der Waals surface area contributed by atoms with Crippen molar-refractivity contribution in [2.45, 2.75) is 37.8 Å². The Labute approximate surface area is 163 Å². The summed E-state index contributed by atoms with van der Waals surface area (Å²) in [6.07, 6.45) is 4.23. The van der Waals surface area contributed by atoms with Gasteiger partial charge >= 0.3 is 0 Å². The number of carbonyl (C=O) groups excluding carboxylic acids is 1. The van der Waals surface area contributed by atoms with Crippen LogP contribution < -0.4 is 10.6 Å². The number of benzene rings is 1. The second-order valence-corrected chi connectivity index (χ2v) is 8.28. The number of hydrogen-bond donors (Lipinski definition) is 3. The molecule has 2 aliphatic rings. The lowest BCUT2D eigenvalue weighted by Gasteiger charge is -2.29. The van der Waals surface area contributed by atoms with Crippen LogP contribution in [-0.4, -0.2) is 47.1 Å². The maximum atomic E-state index is 12.4. The highest BCUT2D eigenvalue weighted by Gasteiger charge is 2.37. The number of thiazole rings is 1. The van der Waals surface area contributed by atoms with Gasteiger partial charge in [-0.05, 0) is 49.9 Å². The second-order valence-electron chi connectivity index (χ2n) is 7.43. The van der Waals surface area contributed by atoms with E-state index in [0.29, 0.717) is 5.13 Å². The Kier molecular flexibility index (Phi) is 5.54. The maximum Gasteiger partial charge on any atom is 0.240 e. The van der Waals surface area contributed by atoms with Gasteiger partial charge in [-0.15, -0.1) is 11.3 Å². The lowest BCUT2D eigenvalue weighted by molar-refractivity contribution is -0.115. The molecule has 2 heterocycles. The molecule has 1 fully saturated rings. The van der Waals surface area contributed by atoms with Crippen molar-refractivity contribution < 1.29 is 9.90 Å². The average Bonchev–Trinajstić information content (AvgIpc) is 3.42. The molecule has 1 aromatic carbocycles. The number of anilines is 1. The van der Waals surface area contributed by atoms with Crippen molar-refractivity contribution in [1.29, 1.82) is 0 Å². The summed E-state index contributed by atoms with van der Waals surface area (Å²) in [5.41, 5.74) is 2.83. The zero-order valence-corrected chi connectivity index (χ0v) is 16.2. The van der Waals surface area contributed by atoms with E-state index in [1.807, 2.05) is 23.6 Å². The molecule has 1 amide bonds. The molecule has 2 aromatic rings. The summed E-state index contributed by atoms with van der Waals surface area (Å²) in [5, 5.41) is 18.8. The van der Waals surface area contributed by atoms with Gasteiger partial charge in [0.15, 0.2) is 5.13 Å². The van der Waals surface area contributed by atoms with Crippen molar-refractivity contribution in [2.24, 2.45) is 0 Å². The number of nitrogens with zero attached hydrogens (tertiary/aromatic N) is 2. The fourth-order valence-corrected chi connectivity index (χ4v) is 4.83. The third-order valence-corrected chi connectivity index (χ3v) is 6.40. The Morgan fingerprint density at radius 3 is 2.93 bits per heavy atom. The van der Waals surface area contributed by atoms with Crippen molar-refractivity contribution in [1.82, 2.24) is 15.2 Å². The lowest BCUT2D eigenvalue weighted by Crippen LogP contribution is -2.47. The fourth-order valence-electron chi connectivity index (χ4n) is 4.11. The minimum absolute atomic E-state index is 0.0193. The first-order valence-electron chi connectivity index (χ1n) is 9.59. The van der Waals surface area contributed by atoms with Crippen molar-refractivity contribution in [3.05, 3.63) is 46.5 Å². The van der Waals surface area contributed by atoms with Gasteiger partial charge in [-0.25, -0.2) is 4.98 Å². The third-order valence-electron chi connectivity index (χ3n) is 5.59. The summed E-state index contributed by atoms with van der Waals surface area (Å²) in [7, 11) is 0. The van der Waals surface area contributed by atoms with E-state index in [0.717, 1.165) is 43.7 Å². The van der Waals surface area contributed by atoms with E-state index in [4.69, 9.17) is 0 Å². The molecule has 1 aliphatic heterocycles. The van der Waals surface area contributed by atoms with Gasteiger partial charge in [-0.3, -0.25) is 15.0 Å². The Morgan fingerprint density at radius 2 is 2.11 bits per heavy atom. The summed E-state index contributed by atoms with van der Waals surface area (Å²) in [4.78, 5) is 19.3. The molecule has 1 unspecified atom stereocenters. The second kappa shape index (κ2) is 8.06. The molecule has 1 aromatic heterocycles.